The number of carbonyl (C=O) groups is 1. The summed E-state index contributed by atoms with van der Waals surface area (Å²) in [6.45, 7) is 0.209. The van der Waals surface area contributed by atoms with Crippen LogP contribution in [0.2, 0.25) is 0 Å². The monoisotopic (exact) mass is 617 g/mol. The van der Waals surface area contributed by atoms with Gasteiger partial charge in [-0.25, -0.2) is 18.1 Å². The van der Waals surface area contributed by atoms with Crippen molar-refractivity contribution in [1.82, 2.24) is 14.5 Å². The third-order valence-corrected chi connectivity index (χ3v) is 9.77. The fraction of sp³-hybridized carbons (Fsp3) is 0.367. The highest BCUT2D eigenvalue weighted by atomic mass is 32.2. The molecule has 0 aliphatic carbocycles. The molecule has 2 aliphatic rings. The molecule has 0 aromatic heterocycles. The van der Waals surface area contributed by atoms with Crippen LogP contribution in [0, 0.1) is 0 Å². The van der Waals surface area contributed by atoms with Gasteiger partial charge in [-0.05, 0) is 60.4 Å². The highest BCUT2D eigenvalue weighted by Crippen LogP contribution is 2.39. The number of nitrogens with zero attached hydrogens (tertiary/aromatic N) is 4. The normalized spacial score (nSPS) is 21.6. The van der Waals surface area contributed by atoms with Gasteiger partial charge in [0.15, 0.2) is 0 Å². The van der Waals surface area contributed by atoms with Gasteiger partial charge in [0, 0.05) is 45.6 Å². The van der Waals surface area contributed by atoms with Crippen molar-refractivity contribution >= 4 is 27.3 Å². The van der Waals surface area contributed by atoms with Crippen molar-refractivity contribution in [3.63, 3.8) is 0 Å². The molecule has 2 aliphatic heterocycles. The average Bonchev–Trinajstić information content (AvgIpc) is 3.14. The number of para-hydroxylation sites is 2. The number of aliphatic hydroxyl groups excluding tert-OH is 1. The maximum absolute atomic E-state index is 14.1. The maximum Gasteiger partial charge on any atom is 0.573 e. The molecule has 0 spiro atoms. The molecule has 1 saturated heterocycles. The summed E-state index contributed by atoms with van der Waals surface area (Å²) in [4.78, 5) is 18.5. The first-order valence-corrected chi connectivity index (χ1v) is 15.3. The van der Waals surface area contributed by atoms with Gasteiger partial charge >= 0.3 is 12.4 Å². The zero-order chi connectivity index (χ0) is 30.9. The topological polar surface area (TPSA) is 97.7 Å². The maximum atomic E-state index is 14.1. The molecule has 2 amide bonds. The molecule has 43 heavy (non-hydrogen) atoms. The second-order valence-electron chi connectivity index (χ2n) is 10.7. The van der Waals surface area contributed by atoms with E-state index in [0.717, 1.165) is 47.5 Å². The molecular weight excluding hydrogens is 583 g/mol. The van der Waals surface area contributed by atoms with Gasteiger partial charge in [-0.2, -0.15) is 0 Å². The van der Waals surface area contributed by atoms with E-state index in [9.17, 15) is 27.3 Å². The number of aryl methyl sites for hydroxylation is 2. The predicted octanol–water partition coefficient (Wildman–Crippen LogP) is 4.58. The summed E-state index contributed by atoms with van der Waals surface area (Å²) in [6, 6.07) is 18.7. The predicted molar refractivity (Wildman–Crippen MR) is 158 cm³/mol. The molecule has 5 rings (SSSR count). The highest BCUT2D eigenvalue weighted by molar-refractivity contribution is 7.91. The minimum Gasteiger partial charge on any atom is -0.406 e. The SMILES string of the molecule is CN=S(=O)(NC1CN(C(=O)N(C)C)CC(N2c3ccccc3CCc3ccccc32)C1O)c1ccc(OC(F)(F)F)cc1. The van der Waals surface area contributed by atoms with Crippen molar-refractivity contribution in [3.8, 4) is 5.75 Å². The molecule has 2 heterocycles. The van der Waals surface area contributed by atoms with E-state index in [1.54, 1.807) is 19.0 Å². The van der Waals surface area contributed by atoms with Crippen LogP contribution < -0.4 is 14.4 Å². The van der Waals surface area contributed by atoms with Crippen molar-refractivity contribution < 1.29 is 32.0 Å². The summed E-state index contributed by atoms with van der Waals surface area (Å²) in [7, 11) is 1.15. The van der Waals surface area contributed by atoms with Crippen molar-refractivity contribution in [3.05, 3.63) is 83.9 Å². The van der Waals surface area contributed by atoms with Crippen LogP contribution in [-0.4, -0.2) is 83.9 Å². The number of alkyl halides is 3. The van der Waals surface area contributed by atoms with Crippen LogP contribution in [0.5, 0.6) is 5.75 Å². The molecule has 1 fully saturated rings. The molecule has 0 bridgehead atoms. The molecule has 13 heteroatoms. The molecule has 230 valence electrons. The number of aliphatic hydroxyl groups is 1. The molecule has 2 N–H and O–H groups in total. The third-order valence-electron chi connectivity index (χ3n) is 7.73. The Labute approximate surface area is 249 Å². The fourth-order valence-electron chi connectivity index (χ4n) is 5.73. The van der Waals surface area contributed by atoms with E-state index in [1.807, 2.05) is 36.4 Å². The van der Waals surface area contributed by atoms with Crippen LogP contribution in [0.3, 0.4) is 0 Å². The van der Waals surface area contributed by atoms with Crippen LogP contribution in [0.1, 0.15) is 11.1 Å². The Morgan fingerprint density at radius 2 is 1.53 bits per heavy atom. The van der Waals surface area contributed by atoms with Gasteiger partial charge in [0.25, 0.3) is 0 Å². The van der Waals surface area contributed by atoms with E-state index in [4.69, 9.17) is 0 Å². The number of carbonyl (C=O) groups excluding carboxylic acids is 1. The third kappa shape index (κ3) is 6.43. The second-order valence-corrected chi connectivity index (χ2v) is 12.8. The van der Waals surface area contributed by atoms with E-state index in [0.29, 0.717) is 0 Å². The summed E-state index contributed by atoms with van der Waals surface area (Å²) >= 11 is 0. The molecule has 3 aromatic carbocycles. The van der Waals surface area contributed by atoms with E-state index in [1.165, 1.54) is 24.1 Å². The standard InChI is InChI=1S/C30H34F3N5O4S/c1-34-43(41,23-16-14-22(15-17-23)42-30(31,32)33)35-24-18-37(29(40)36(2)3)19-27(28(24)39)38-25-10-6-4-8-20(25)12-13-21-9-5-7-11-26(21)38/h4-11,14-17,24,27-28,39H,12-13,18-19H2,1-3H3,(H,34,35,41). The number of hydrogen-bond donors (Lipinski definition) is 2. The minimum atomic E-state index is -4.87. The Morgan fingerprint density at radius 3 is 2.05 bits per heavy atom. The number of hydrogen-bond acceptors (Lipinski definition) is 6. The smallest absolute Gasteiger partial charge is 0.406 e. The summed E-state index contributed by atoms with van der Waals surface area (Å²) in [6.07, 6.45) is -4.40. The first kappa shape index (κ1) is 30.6. The van der Waals surface area contributed by atoms with Crippen molar-refractivity contribution in [1.29, 1.82) is 0 Å². The summed E-state index contributed by atoms with van der Waals surface area (Å²) in [5, 5.41) is 12.0. The molecule has 3 aromatic rings. The highest BCUT2D eigenvalue weighted by Gasteiger charge is 2.44. The minimum absolute atomic E-state index is 0.0214. The van der Waals surface area contributed by atoms with Gasteiger partial charge in [0.2, 0.25) is 0 Å². The van der Waals surface area contributed by atoms with Crippen LogP contribution >= 0.6 is 0 Å². The van der Waals surface area contributed by atoms with Gasteiger partial charge < -0.3 is 24.5 Å². The Morgan fingerprint density at radius 1 is 0.977 bits per heavy atom. The largest absolute Gasteiger partial charge is 0.573 e. The molecular formula is C30H34F3N5O4S. The number of fused-ring (bicyclic) bond motifs is 2. The molecule has 9 nitrogen and oxygen atoms in total. The zero-order valence-electron chi connectivity index (χ0n) is 24.0. The van der Waals surface area contributed by atoms with Gasteiger partial charge in [0.05, 0.1) is 23.1 Å². The number of anilines is 2. The number of benzene rings is 3. The Bertz CT molecular complexity index is 1540. The lowest BCUT2D eigenvalue weighted by Gasteiger charge is -2.47. The fourth-order valence-corrected chi connectivity index (χ4v) is 7.31. The lowest BCUT2D eigenvalue weighted by atomic mass is 9.94. The number of likely N-dealkylation sites (tertiary alicyclic amines) is 1. The molecule has 0 radical (unpaired) electrons. The number of urea groups is 1. The zero-order valence-corrected chi connectivity index (χ0v) is 24.8. The van der Waals surface area contributed by atoms with E-state index >= 15 is 0 Å². The van der Waals surface area contributed by atoms with Crippen molar-refractivity contribution in [2.24, 2.45) is 4.36 Å². The van der Waals surface area contributed by atoms with Crippen molar-refractivity contribution in [2.75, 3.05) is 39.1 Å². The Hall–Kier alpha value is -3.81. The van der Waals surface area contributed by atoms with E-state index < -0.39 is 40.2 Å². The van der Waals surface area contributed by atoms with Crippen LogP contribution in [0.4, 0.5) is 29.3 Å². The number of rotatable bonds is 5. The van der Waals surface area contributed by atoms with Crippen LogP contribution in [0.25, 0.3) is 0 Å². The van der Waals surface area contributed by atoms with Crippen LogP contribution in [-0.2, 0) is 22.8 Å². The average molecular weight is 618 g/mol. The van der Waals surface area contributed by atoms with Gasteiger partial charge in [0.1, 0.15) is 15.7 Å². The molecule has 4 unspecified atom stereocenters. The number of ether oxygens (including phenoxy) is 1. The number of piperidine rings is 1. The first-order chi connectivity index (χ1) is 20.4. The number of amides is 2. The van der Waals surface area contributed by atoms with Crippen molar-refractivity contribution in [2.45, 2.75) is 42.3 Å². The number of nitrogens with one attached hydrogen (secondary N) is 1. The molecule has 0 saturated carbocycles. The number of halogens is 3. The van der Waals surface area contributed by atoms with Gasteiger partial charge in [-0.1, -0.05) is 36.4 Å². The summed E-state index contributed by atoms with van der Waals surface area (Å²) < 4.78 is 63.2. The van der Waals surface area contributed by atoms with E-state index in [-0.39, 0.29) is 24.0 Å². The summed E-state index contributed by atoms with van der Waals surface area (Å²) in [5.41, 5.74) is 4.02. The first-order valence-electron chi connectivity index (χ1n) is 13.8. The lowest BCUT2D eigenvalue weighted by Crippen LogP contribution is -2.66. The van der Waals surface area contributed by atoms with Gasteiger partial charge in [-0.3, -0.25) is 0 Å². The van der Waals surface area contributed by atoms with Crippen LogP contribution in [0.15, 0.2) is 82.1 Å². The van der Waals surface area contributed by atoms with Gasteiger partial charge in [-0.15, -0.1) is 13.2 Å². The second kappa shape index (κ2) is 12.1. The van der Waals surface area contributed by atoms with E-state index in [2.05, 4.69) is 30.9 Å². The lowest BCUT2D eigenvalue weighted by molar-refractivity contribution is -0.274. The molecule has 4 atom stereocenters. The summed E-state index contributed by atoms with van der Waals surface area (Å²) in [5.74, 6) is -0.465. The Kier molecular flexibility index (Phi) is 8.59. The Balaban J connectivity index is 1.54. The quantitative estimate of drug-likeness (QED) is 0.437.